The summed E-state index contributed by atoms with van der Waals surface area (Å²) in [5.74, 6) is 2.20. The van der Waals surface area contributed by atoms with Crippen LogP contribution in [0.4, 0.5) is 0 Å². The number of hydrogen-bond acceptors (Lipinski definition) is 6. The van der Waals surface area contributed by atoms with Gasteiger partial charge in [0, 0.05) is 48.9 Å². The summed E-state index contributed by atoms with van der Waals surface area (Å²) >= 11 is 1.65. The number of thioether (sulfide) groups is 1. The van der Waals surface area contributed by atoms with E-state index in [1.54, 1.807) is 23.6 Å². The van der Waals surface area contributed by atoms with E-state index in [1.807, 2.05) is 49.4 Å². The molecule has 0 bridgehead atoms. The highest BCUT2D eigenvalue weighted by atomic mass is 32.2. The van der Waals surface area contributed by atoms with E-state index < -0.39 is 0 Å². The second kappa shape index (κ2) is 8.94. The van der Waals surface area contributed by atoms with Gasteiger partial charge in [0.05, 0.1) is 12.0 Å². The first-order valence-corrected chi connectivity index (χ1v) is 12.1. The Bertz CT molecular complexity index is 1220. The lowest BCUT2D eigenvalue weighted by atomic mass is 10.0. The summed E-state index contributed by atoms with van der Waals surface area (Å²) in [6.45, 7) is 5.29. The lowest BCUT2D eigenvalue weighted by Gasteiger charge is -2.23. The number of carbonyl (C=O) groups excluding carboxylic acids is 2. The van der Waals surface area contributed by atoms with Gasteiger partial charge in [-0.2, -0.15) is 0 Å². The van der Waals surface area contributed by atoms with E-state index in [0.29, 0.717) is 42.6 Å². The van der Waals surface area contributed by atoms with E-state index >= 15 is 0 Å². The molecule has 0 saturated carbocycles. The minimum atomic E-state index is -0.179. The van der Waals surface area contributed by atoms with Gasteiger partial charge in [0.15, 0.2) is 17.3 Å². The maximum absolute atomic E-state index is 13.5. The molecule has 2 aromatic carbocycles. The first kappa shape index (κ1) is 21.6. The number of oxazole rings is 1. The van der Waals surface area contributed by atoms with E-state index in [-0.39, 0.29) is 17.2 Å². The Morgan fingerprint density at radius 3 is 2.91 bits per heavy atom. The average Bonchev–Trinajstić information content (AvgIpc) is 3.55. The number of fused-ring (bicyclic) bond motifs is 1. The van der Waals surface area contributed by atoms with Crippen LogP contribution in [-0.4, -0.2) is 52.5 Å². The summed E-state index contributed by atoms with van der Waals surface area (Å²) in [5.41, 5.74) is 3.81. The molecule has 2 aliphatic heterocycles. The number of aryl methyl sites for hydroxylation is 2. The Hall–Kier alpha value is -3.26. The van der Waals surface area contributed by atoms with Gasteiger partial charge in [0.2, 0.25) is 0 Å². The highest BCUT2D eigenvalue weighted by Gasteiger charge is 2.34. The minimum absolute atomic E-state index is 0.144. The predicted octanol–water partition coefficient (Wildman–Crippen LogP) is 3.84. The summed E-state index contributed by atoms with van der Waals surface area (Å²) in [7, 11) is 0. The molecule has 1 unspecified atom stereocenters. The maximum Gasteiger partial charge on any atom is 0.277 e. The highest BCUT2D eigenvalue weighted by molar-refractivity contribution is 8.00. The largest absolute Gasteiger partial charge is 0.493 e. The van der Waals surface area contributed by atoms with Crippen molar-refractivity contribution < 1.29 is 18.7 Å². The molecule has 33 heavy (non-hydrogen) atoms. The monoisotopic (exact) mass is 463 g/mol. The average molecular weight is 464 g/mol. The molecule has 8 heteroatoms. The van der Waals surface area contributed by atoms with Crippen molar-refractivity contribution in [2.75, 3.05) is 25.4 Å². The van der Waals surface area contributed by atoms with Crippen LogP contribution in [0.15, 0.2) is 46.9 Å². The highest BCUT2D eigenvalue weighted by Crippen LogP contribution is 2.31. The van der Waals surface area contributed by atoms with Crippen LogP contribution in [0.2, 0.25) is 0 Å². The van der Waals surface area contributed by atoms with Crippen LogP contribution in [-0.2, 0) is 6.42 Å². The molecule has 3 aromatic rings. The first-order valence-electron chi connectivity index (χ1n) is 11.0. The molecule has 7 nitrogen and oxygen atoms in total. The van der Waals surface area contributed by atoms with Crippen molar-refractivity contribution in [2.45, 2.75) is 25.6 Å². The van der Waals surface area contributed by atoms with Crippen molar-refractivity contribution in [1.29, 1.82) is 0 Å². The second-order valence-corrected chi connectivity index (χ2v) is 9.48. The molecule has 2 amide bonds. The van der Waals surface area contributed by atoms with Crippen molar-refractivity contribution in [3.8, 4) is 17.1 Å². The van der Waals surface area contributed by atoms with Crippen molar-refractivity contribution >= 4 is 23.6 Å². The quantitative estimate of drug-likeness (QED) is 0.619. The van der Waals surface area contributed by atoms with Crippen LogP contribution in [0.5, 0.6) is 5.75 Å². The van der Waals surface area contributed by atoms with Crippen LogP contribution in [0.1, 0.15) is 37.9 Å². The van der Waals surface area contributed by atoms with Gasteiger partial charge in [-0.3, -0.25) is 9.59 Å². The van der Waals surface area contributed by atoms with Gasteiger partial charge in [-0.05, 0) is 25.1 Å². The van der Waals surface area contributed by atoms with E-state index in [1.165, 1.54) is 0 Å². The molecular formula is C25H25N3O4S. The zero-order chi connectivity index (χ0) is 22.9. The molecule has 2 aliphatic rings. The van der Waals surface area contributed by atoms with Crippen molar-refractivity contribution in [3.63, 3.8) is 0 Å². The van der Waals surface area contributed by atoms with Crippen LogP contribution in [0.3, 0.4) is 0 Å². The number of amides is 2. The summed E-state index contributed by atoms with van der Waals surface area (Å²) in [5, 5.41) is 2.84. The molecule has 3 heterocycles. The standard InChI is InChI=1S/C25H25N3O4S/c1-15-5-3-6-17(13-15)23-22(27-16(2)32-23)25(30)28-10-12-33-21(28)14-26-24(29)19-7-4-8-20-18(19)9-11-31-20/h3-8,13,21H,9-12,14H2,1-2H3,(H,26,29). The van der Waals surface area contributed by atoms with E-state index in [9.17, 15) is 9.59 Å². The fraction of sp³-hybridized carbons (Fsp3) is 0.320. The number of ether oxygens (including phenoxy) is 1. The normalized spacial score (nSPS) is 17.0. The zero-order valence-corrected chi connectivity index (χ0v) is 19.4. The third-order valence-corrected chi connectivity index (χ3v) is 7.12. The molecule has 1 aromatic heterocycles. The molecule has 1 saturated heterocycles. The summed E-state index contributed by atoms with van der Waals surface area (Å²) in [6.07, 6.45) is 0.731. The lowest BCUT2D eigenvalue weighted by Crippen LogP contribution is -2.42. The lowest BCUT2D eigenvalue weighted by molar-refractivity contribution is 0.0746. The van der Waals surface area contributed by atoms with Gasteiger partial charge in [0.25, 0.3) is 11.8 Å². The second-order valence-electron chi connectivity index (χ2n) is 8.19. The number of hydrogen-bond donors (Lipinski definition) is 1. The fourth-order valence-electron chi connectivity index (χ4n) is 4.32. The molecule has 1 atom stereocenters. The summed E-state index contributed by atoms with van der Waals surface area (Å²) in [4.78, 5) is 32.5. The van der Waals surface area contributed by atoms with Crippen molar-refractivity contribution in [2.24, 2.45) is 0 Å². The van der Waals surface area contributed by atoms with Gasteiger partial charge in [-0.1, -0.05) is 29.8 Å². The molecule has 170 valence electrons. The smallest absolute Gasteiger partial charge is 0.277 e. The molecule has 5 rings (SSSR count). The van der Waals surface area contributed by atoms with Crippen LogP contribution in [0.25, 0.3) is 11.3 Å². The fourth-order valence-corrected chi connectivity index (χ4v) is 5.48. The number of rotatable bonds is 5. The van der Waals surface area contributed by atoms with Crippen LogP contribution < -0.4 is 10.1 Å². The Kier molecular flexibility index (Phi) is 5.85. The van der Waals surface area contributed by atoms with E-state index in [4.69, 9.17) is 9.15 Å². The Morgan fingerprint density at radius 2 is 2.06 bits per heavy atom. The van der Waals surface area contributed by atoms with Gasteiger partial charge in [-0.15, -0.1) is 11.8 Å². The molecule has 1 fully saturated rings. The number of nitrogens with one attached hydrogen (secondary N) is 1. The molecule has 0 radical (unpaired) electrons. The third kappa shape index (κ3) is 4.23. The van der Waals surface area contributed by atoms with Gasteiger partial charge in [0.1, 0.15) is 5.75 Å². The molecular weight excluding hydrogens is 438 g/mol. The topological polar surface area (TPSA) is 84.7 Å². The maximum atomic E-state index is 13.5. The first-order chi connectivity index (χ1) is 16.0. The Labute approximate surface area is 196 Å². The van der Waals surface area contributed by atoms with Crippen molar-refractivity contribution in [1.82, 2.24) is 15.2 Å². The number of nitrogens with zero attached hydrogens (tertiary/aromatic N) is 2. The van der Waals surface area contributed by atoms with Crippen LogP contribution >= 0.6 is 11.8 Å². The zero-order valence-electron chi connectivity index (χ0n) is 18.6. The third-order valence-electron chi connectivity index (χ3n) is 5.89. The SMILES string of the molecule is Cc1cccc(-c2oc(C)nc2C(=O)N2CCSC2CNC(=O)c2cccc3c2CCO3)c1. The minimum Gasteiger partial charge on any atom is -0.493 e. The Morgan fingerprint density at radius 1 is 1.21 bits per heavy atom. The van der Waals surface area contributed by atoms with Gasteiger partial charge in [-0.25, -0.2) is 4.98 Å². The predicted molar refractivity (Wildman–Crippen MR) is 127 cm³/mol. The molecule has 0 aliphatic carbocycles. The molecule has 0 spiro atoms. The number of benzene rings is 2. The van der Waals surface area contributed by atoms with Gasteiger partial charge < -0.3 is 19.4 Å². The number of carbonyl (C=O) groups is 2. The Balaban J connectivity index is 1.32. The van der Waals surface area contributed by atoms with Crippen LogP contribution in [0, 0.1) is 13.8 Å². The van der Waals surface area contributed by atoms with E-state index in [0.717, 1.165) is 34.6 Å². The van der Waals surface area contributed by atoms with Crippen molar-refractivity contribution in [3.05, 3.63) is 70.7 Å². The van der Waals surface area contributed by atoms with Gasteiger partial charge >= 0.3 is 0 Å². The number of aromatic nitrogens is 1. The molecule has 1 N–H and O–H groups in total. The summed E-state index contributed by atoms with van der Waals surface area (Å²) in [6, 6.07) is 13.4. The van der Waals surface area contributed by atoms with E-state index in [2.05, 4.69) is 10.3 Å². The summed E-state index contributed by atoms with van der Waals surface area (Å²) < 4.78 is 11.4.